The molecule has 2 saturated carbocycles. The van der Waals surface area contributed by atoms with Crippen molar-refractivity contribution in [3.05, 3.63) is 0 Å². The fourth-order valence-corrected chi connectivity index (χ4v) is 9.73. The van der Waals surface area contributed by atoms with Crippen LogP contribution in [0, 0.1) is 37.5 Å². The summed E-state index contributed by atoms with van der Waals surface area (Å²) in [6.45, 7) is 14.8. The van der Waals surface area contributed by atoms with Crippen LogP contribution >= 0.6 is 12.4 Å². The van der Waals surface area contributed by atoms with Gasteiger partial charge in [0.25, 0.3) is 0 Å². The third-order valence-corrected chi connectivity index (χ3v) is 13.6. The normalized spacial score (nSPS) is 21.8. The predicted molar refractivity (Wildman–Crippen MR) is 104 cm³/mol. The van der Waals surface area contributed by atoms with Gasteiger partial charge in [-0.2, -0.15) is 0 Å². The third kappa shape index (κ3) is 6.94. The molecular formula is C20H41ClN2Nd. The quantitative estimate of drug-likeness (QED) is 0.465. The molecule has 0 amide bonds. The third-order valence-electron chi connectivity index (χ3n) is 5.54. The zero-order chi connectivity index (χ0) is 17.1. The second-order valence-corrected chi connectivity index (χ2v) is 13.5. The van der Waals surface area contributed by atoms with E-state index in [0.717, 1.165) is 12.1 Å². The fraction of sp³-hybridized carbons (Fsp3) is 1.00. The first-order chi connectivity index (χ1) is 10.7. The van der Waals surface area contributed by atoms with E-state index in [4.69, 9.17) is 0 Å². The number of nitrogens with zero attached hydrogens (tertiary/aromatic N) is 2. The molecule has 2 rings (SSSR count). The van der Waals surface area contributed by atoms with Crippen LogP contribution in [0.15, 0.2) is 0 Å². The van der Waals surface area contributed by atoms with Gasteiger partial charge in [-0.25, -0.2) is 0 Å². The van der Waals surface area contributed by atoms with E-state index in [0.29, 0.717) is 11.1 Å². The Morgan fingerprint density at radius 1 is 0.583 bits per heavy atom. The predicted octanol–water partition coefficient (Wildman–Crippen LogP) is 6.19. The molecule has 0 aromatic carbocycles. The average Bonchev–Trinajstić information content (AvgIpc) is 2.47. The first kappa shape index (κ1) is 23.6. The number of halogens is 1. The van der Waals surface area contributed by atoms with Crippen LogP contribution in [0.5, 0.6) is 0 Å². The average molecular weight is 489 g/mol. The van der Waals surface area contributed by atoms with Gasteiger partial charge in [0.1, 0.15) is 0 Å². The monoisotopic (exact) mass is 486 g/mol. The minimum absolute atomic E-state index is 0. The van der Waals surface area contributed by atoms with E-state index >= 15 is 0 Å². The second-order valence-electron chi connectivity index (χ2n) is 9.77. The molecule has 0 aromatic heterocycles. The Kier molecular flexibility index (Phi) is 10.0. The van der Waals surface area contributed by atoms with Gasteiger partial charge in [-0.3, -0.25) is 0 Å². The summed E-state index contributed by atoms with van der Waals surface area (Å²) in [6, 6.07) is 1.75. The van der Waals surface area contributed by atoms with Crippen LogP contribution in [0.3, 0.4) is 0 Å². The summed E-state index contributed by atoms with van der Waals surface area (Å²) in [5.41, 5.74) is 0.701. The maximum atomic E-state index is 3.03. The van der Waals surface area contributed by atoms with Crippen LogP contribution < -0.4 is 0 Å². The Balaban J connectivity index is 0.00000288. The van der Waals surface area contributed by atoms with Crippen molar-refractivity contribution in [2.45, 2.75) is 129 Å². The van der Waals surface area contributed by atoms with E-state index in [2.05, 4.69) is 43.5 Å². The molecule has 0 N–H and O–H groups in total. The molecule has 0 unspecified atom stereocenters. The molecule has 0 spiro atoms. The molecule has 0 atom stereocenters. The first-order valence-electron chi connectivity index (χ1n) is 10.0. The molecule has 24 heavy (non-hydrogen) atoms. The van der Waals surface area contributed by atoms with Gasteiger partial charge in [0.15, 0.2) is 0 Å². The molecule has 0 radical (unpaired) electrons. The van der Waals surface area contributed by atoms with Gasteiger partial charge in [0, 0.05) is 0 Å². The summed E-state index contributed by atoms with van der Waals surface area (Å²) in [4.78, 5) is 0. The zero-order valence-electron chi connectivity index (χ0n) is 17.0. The number of hydrogen-bond acceptors (Lipinski definition) is 2. The zero-order valence-corrected chi connectivity index (χ0v) is 21.1. The number of rotatable bonds is 4. The second kappa shape index (κ2) is 10.2. The standard InChI is InChI=1S/2C10H20N.ClH.Nd/c2*1-10(2,3)11-9-7-5-4-6-8-9;;/h2*9H,4-8H2,1-3H3;1H;/q2*-1;;+2. The van der Waals surface area contributed by atoms with E-state index in [9.17, 15) is 0 Å². The van der Waals surface area contributed by atoms with Crippen molar-refractivity contribution in [2.75, 3.05) is 0 Å². The molecule has 0 bridgehead atoms. The molecule has 0 aliphatic heterocycles. The van der Waals surface area contributed by atoms with Crippen molar-refractivity contribution in [3.8, 4) is 0 Å². The molecule has 2 nitrogen and oxygen atoms in total. The van der Waals surface area contributed by atoms with E-state index in [1.54, 1.807) is 0 Å². The van der Waals surface area contributed by atoms with Crippen LogP contribution in [-0.2, 0) is 0 Å². The summed E-state index contributed by atoms with van der Waals surface area (Å²) < 4.78 is 6.07. The maximum absolute atomic E-state index is 3.03. The molecule has 0 saturated heterocycles. The van der Waals surface area contributed by atoms with E-state index in [-0.39, 0.29) is 12.4 Å². The Bertz CT molecular complexity index is 316. The Morgan fingerprint density at radius 3 is 1.12 bits per heavy atom. The fourth-order valence-electron chi connectivity index (χ4n) is 4.35. The van der Waals surface area contributed by atoms with Gasteiger partial charge in [0.2, 0.25) is 0 Å². The molecular weight excluding hydrogens is 448 g/mol. The molecule has 142 valence electrons. The van der Waals surface area contributed by atoms with Gasteiger partial charge in [-0.05, 0) is 0 Å². The smallest absolute Gasteiger partial charge is 0.147 e. The van der Waals surface area contributed by atoms with Gasteiger partial charge < -0.3 is 0 Å². The molecule has 2 aliphatic carbocycles. The van der Waals surface area contributed by atoms with Crippen molar-refractivity contribution >= 4 is 12.4 Å². The molecule has 4 heteroatoms. The Hall–Kier alpha value is 1.56. The first-order valence-corrected chi connectivity index (χ1v) is 12.9. The minimum Gasteiger partial charge on any atom is -0.147 e. The van der Waals surface area contributed by atoms with Crippen molar-refractivity contribution in [2.24, 2.45) is 0 Å². The molecule has 0 aromatic rings. The summed E-state index contributed by atoms with van der Waals surface area (Å²) in [5.74, 6) is 0. The van der Waals surface area contributed by atoms with Crippen LogP contribution in [0.1, 0.15) is 106 Å². The van der Waals surface area contributed by atoms with E-state index in [1.807, 2.05) is 0 Å². The summed E-state index contributed by atoms with van der Waals surface area (Å²) in [6.07, 6.45) is 14.6. The summed E-state index contributed by atoms with van der Waals surface area (Å²) in [7, 11) is 0. The van der Waals surface area contributed by atoms with Crippen LogP contribution in [-0.4, -0.2) is 25.1 Å². The van der Waals surface area contributed by atoms with Gasteiger partial charge >= 0.3 is 168 Å². The van der Waals surface area contributed by atoms with E-state index < -0.39 is 37.5 Å². The van der Waals surface area contributed by atoms with Crippen LogP contribution in [0.2, 0.25) is 0 Å². The van der Waals surface area contributed by atoms with Gasteiger partial charge in [0.05, 0.1) is 0 Å². The van der Waals surface area contributed by atoms with Crippen LogP contribution in [0.4, 0.5) is 0 Å². The van der Waals surface area contributed by atoms with Crippen molar-refractivity contribution in [1.82, 2.24) is 1.97 Å². The molecule has 2 fully saturated rings. The minimum atomic E-state index is -1.01. The van der Waals surface area contributed by atoms with Crippen molar-refractivity contribution < 1.29 is 37.5 Å². The van der Waals surface area contributed by atoms with Gasteiger partial charge in [-0.1, -0.05) is 0 Å². The van der Waals surface area contributed by atoms with Crippen LogP contribution in [0.25, 0.3) is 0 Å². The topological polar surface area (TPSA) is 6.48 Å². The van der Waals surface area contributed by atoms with Crippen molar-refractivity contribution in [3.63, 3.8) is 0 Å². The summed E-state index contributed by atoms with van der Waals surface area (Å²) in [5, 5.41) is 0. The molecule has 0 heterocycles. The number of hydrogen-bond donors (Lipinski definition) is 0. The Morgan fingerprint density at radius 2 is 0.875 bits per heavy atom. The van der Waals surface area contributed by atoms with E-state index in [1.165, 1.54) is 64.2 Å². The molecule has 2 aliphatic rings. The largest absolute Gasteiger partial charge is 0.147 e. The van der Waals surface area contributed by atoms with Gasteiger partial charge in [-0.15, -0.1) is 12.4 Å². The van der Waals surface area contributed by atoms with Crippen molar-refractivity contribution in [1.29, 1.82) is 0 Å². The maximum Gasteiger partial charge on any atom is -0.147 e. The SMILES string of the molecule is CC(C)(C)[N]([Nd][N](C1CCCCC1)C(C)(C)C)C1CCCCC1.Cl. The Labute approximate surface area is 179 Å². The summed E-state index contributed by atoms with van der Waals surface area (Å²) >= 11 is -1.01.